The molecular formula is C17H12Cl2F3N3O2S. The predicted octanol–water partition coefficient (Wildman–Crippen LogP) is 5.42. The van der Waals surface area contributed by atoms with Crippen LogP contribution in [0.3, 0.4) is 0 Å². The van der Waals surface area contributed by atoms with E-state index in [0.717, 1.165) is 23.1 Å². The molecule has 2 heterocycles. The first-order chi connectivity index (χ1) is 13.2. The van der Waals surface area contributed by atoms with E-state index in [1.807, 2.05) is 0 Å². The standard InChI is InChI=1S/C17H12Cl2F3N3O2S/c1-2-27-15(26)11-7-23-25(14(11)17(20,21)22)16-24-10(8-28-16)5-9-3-4-12(18)13(19)6-9/h3-4,6-8H,2,5H2,1H3. The average molecular weight is 450 g/mol. The lowest BCUT2D eigenvalue weighted by molar-refractivity contribution is -0.143. The molecule has 0 spiro atoms. The molecule has 0 saturated carbocycles. The zero-order valence-corrected chi connectivity index (χ0v) is 16.6. The summed E-state index contributed by atoms with van der Waals surface area (Å²) in [7, 11) is 0. The minimum Gasteiger partial charge on any atom is -0.462 e. The van der Waals surface area contributed by atoms with Crippen LogP contribution in [0.5, 0.6) is 0 Å². The summed E-state index contributed by atoms with van der Waals surface area (Å²) in [4.78, 5) is 16.1. The first kappa shape index (κ1) is 20.6. The Bertz CT molecular complexity index is 1020. The van der Waals surface area contributed by atoms with Crippen LogP contribution in [-0.4, -0.2) is 27.3 Å². The molecule has 0 amide bonds. The van der Waals surface area contributed by atoms with Crippen LogP contribution in [-0.2, 0) is 17.3 Å². The van der Waals surface area contributed by atoms with E-state index in [1.54, 1.807) is 23.6 Å². The fourth-order valence-corrected chi connectivity index (χ4v) is 3.56. The van der Waals surface area contributed by atoms with Gasteiger partial charge in [0.15, 0.2) is 5.69 Å². The summed E-state index contributed by atoms with van der Waals surface area (Å²) < 4.78 is 45.9. The van der Waals surface area contributed by atoms with Crippen molar-refractivity contribution in [2.24, 2.45) is 0 Å². The molecule has 148 valence electrons. The van der Waals surface area contributed by atoms with Crippen molar-refractivity contribution in [2.45, 2.75) is 19.5 Å². The van der Waals surface area contributed by atoms with Gasteiger partial charge in [-0.15, -0.1) is 11.3 Å². The second-order valence-corrected chi connectivity index (χ2v) is 7.23. The van der Waals surface area contributed by atoms with Gasteiger partial charge in [-0.2, -0.15) is 18.3 Å². The zero-order valence-electron chi connectivity index (χ0n) is 14.3. The Morgan fingerprint density at radius 3 is 2.68 bits per heavy atom. The van der Waals surface area contributed by atoms with Gasteiger partial charge in [0, 0.05) is 11.8 Å². The third-order valence-corrected chi connectivity index (χ3v) is 5.23. The number of aromatic nitrogens is 3. The van der Waals surface area contributed by atoms with Gasteiger partial charge in [-0.3, -0.25) is 0 Å². The van der Waals surface area contributed by atoms with Crippen LogP contribution >= 0.6 is 34.5 Å². The number of esters is 1. The number of ether oxygens (including phenoxy) is 1. The van der Waals surface area contributed by atoms with Crippen molar-refractivity contribution in [3.8, 4) is 5.13 Å². The van der Waals surface area contributed by atoms with Gasteiger partial charge in [-0.1, -0.05) is 29.3 Å². The van der Waals surface area contributed by atoms with E-state index in [0.29, 0.717) is 26.8 Å². The Morgan fingerprint density at radius 1 is 1.29 bits per heavy atom. The fourth-order valence-electron chi connectivity index (χ4n) is 2.46. The third kappa shape index (κ3) is 4.31. The quantitative estimate of drug-likeness (QED) is 0.487. The van der Waals surface area contributed by atoms with Crippen molar-refractivity contribution in [1.29, 1.82) is 0 Å². The molecule has 0 unspecified atom stereocenters. The summed E-state index contributed by atoms with van der Waals surface area (Å²) in [5.74, 6) is -1.09. The Balaban J connectivity index is 1.94. The lowest BCUT2D eigenvalue weighted by Crippen LogP contribution is -2.18. The van der Waals surface area contributed by atoms with E-state index in [-0.39, 0.29) is 11.7 Å². The average Bonchev–Trinajstić information content (AvgIpc) is 3.24. The van der Waals surface area contributed by atoms with E-state index in [1.165, 1.54) is 6.92 Å². The van der Waals surface area contributed by atoms with E-state index in [2.05, 4.69) is 14.8 Å². The summed E-state index contributed by atoms with van der Waals surface area (Å²) in [5, 5.41) is 6.09. The molecule has 0 aliphatic carbocycles. The van der Waals surface area contributed by atoms with Crippen molar-refractivity contribution < 1.29 is 22.7 Å². The largest absolute Gasteiger partial charge is 0.462 e. The second-order valence-electron chi connectivity index (χ2n) is 5.58. The zero-order chi connectivity index (χ0) is 20.5. The number of hydrogen-bond donors (Lipinski definition) is 0. The Morgan fingerprint density at radius 2 is 2.04 bits per heavy atom. The molecule has 0 saturated heterocycles. The van der Waals surface area contributed by atoms with Crippen molar-refractivity contribution in [2.75, 3.05) is 6.61 Å². The van der Waals surface area contributed by atoms with Crippen LogP contribution in [0, 0.1) is 0 Å². The monoisotopic (exact) mass is 449 g/mol. The molecule has 5 nitrogen and oxygen atoms in total. The Hall–Kier alpha value is -2.10. The van der Waals surface area contributed by atoms with Gasteiger partial charge < -0.3 is 4.74 Å². The Kier molecular flexibility index (Phi) is 5.97. The molecule has 0 aliphatic heterocycles. The van der Waals surface area contributed by atoms with Crippen LogP contribution in [0.15, 0.2) is 29.8 Å². The van der Waals surface area contributed by atoms with Crippen LogP contribution in [0.1, 0.15) is 34.2 Å². The molecule has 0 fully saturated rings. The molecule has 28 heavy (non-hydrogen) atoms. The fraction of sp³-hybridized carbons (Fsp3) is 0.235. The van der Waals surface area contributed by atoms with E-state index < -0.39 is 23.4 Å². The third-order valence-electron chi connectivity index (χ3n) is 3.62. The molecule has 0 aliphatic rings. The summed E-state index contributed by atoms with van der Waals surface area (Å²) in [6.07, 6.45) is -3.63. The molecule has 11 heteroatoms. The number of rotatable bonds is 5. The van der Waals surface area contributed by atoms with Crippen molar-refractivity contribution in [1.82, 2.24) is 14.8 Å². The van der Waals surface area contributed by atoms with Gasteiger partial charge in [0.1, 0.15) is 5.56 Å². The molecule has 2 aromatic heterocycles. The van der Waals surface area contributed by atoms with Crippen molar-refractivity contribution in [3.63, 3.8) is 0 Å². The number of thiazole rings is 1. The molecule has 0 radical (unpaired) electrons. The molecule has 0 bridgehead atoms. The van der Waals surface area contributed by atoms with E-state index in [9.17, 15) is 18.0 Å². The van der Waals surface area contributed by atoms with Crippen LogP contribution < -0.4 is 0 Å². The molecule has 0 atom stereocenters. The number of hydrogen-bond acceptors (Lipinski definition) is 5. The molecule has 1 aromatic carbocycles. The second kappa shape index (κ2) is 8.10. The number of halogens is 5. The highest BCUT2D eigenvalue weighted by Gasteiger charge is 2.41. The van der Waals surface area contributed by atoms with Gasteiger partial charge >= 0.3 is 12.1 Å². The Labute approximate surface area is 171 Å². The highest BCUT2D eigenvalue weighted by atomic mass is 35.5. The number of nitrogens with zero attached hydrogens (tertiary/aromatic N) is 3. The lowest BCUT2D eigenvalue weighted by Gasteiger charge is -2.10. The highest BCUT2D eigenvalue weighted by Crippen LogP contribution is 2.35. The maximum absolute atomic E-state index is 13.5. The summed E-state index contributed by atoms with van der Waals surface area (Å²) in [5.41, 5.74) is -0.549. The van der Waals surface area contributed by atoms with E-state index in [4.69, 9.17) is 23.2 Å². The maximum Gasteiger partial charge on any atom is 0.434 e. The van der Waals surface area contributed by atoms with Crippen LogP contribution in [0.2, 0.25) is 10.0 Å². The van der Waals surface area contributed by atoms with Crippen molar-refractivity contribution in [3.05, 3.63) is 62.3 Å². The number of benzene rings is 1. The predicted molar refractivity (Wildman–Crippen MR) is 99.5 cm³/mol. The van der Waals surface area contributed by atoms with Crippen LogP contribution in [0.25, 0.3) is 5.13 Å². The summed E-state index contributed by atoms with van der Waals surface area (Å²) in [6.45, 7) is 1.46. The maximum atomic E-state index is 13.5. The van der Waals surface area contributed by atoms with Gasteiger partial charge in [0.05, 0.1) is 28.5 Å². The van der Waals surface area contributed by atoms with Gasteiger partial charge in [0.25, 0.3) is 0 Å². The highest BCUT2D eigenvalue weighted by molar-refractivity contribution is 7.12. The first-order valence-electron chi connectivity index (χ1n) is 7.91. The van der Waals surface area contributed by atoms with E-state index >= 15 is 0 Å². The summed E-state index contributed by atoms with van der Waals surface area (Å²) >= 11 is 12.8. The lowest BCUT2D eigenvalue weighted by atomic mass is 10.1. The smallest absolute Gasteiger partial charge is 0.434 e. The molecule has 3 rings (SSSR count). The summed E-state index contributed by atoms with van der Waals surface area (Å²) in [6, 6.07) is 5.05. The minimum atomic E-state index is -4.81. The van der Waals surface area contributed by atoms with Gasteiger partial charge in [0.2, 0.25) is 5.13 Å². The molecule has 0 N–H and O–H groups in total. The minimum absolute atomic E-state index is 0.0158. The number of carbonyl (C=O) groups is 1. The van der Waals surface area contributed by atoms with Gasteiger partial charge in [-0.05, 0) is 24.6 Å². The number of carbonyl (C=O) groups excluding carboxylic acids is 1. The van der Waals surface area contributed by atoms with Crippen molar-refractivity contribution >= 4 is 40.5 Å². The normalized spacial score (nSPS) is 11.6. The van der Waals surface area contributed by atoms with Crippen LogP contribution in [0.4, 0.5) is 13.2 Å². The number of alkyl halides is 3. The van der Waals surface area contributed by atoms with Gasteiger partial charge in [-0.25, -0.2) is 14.5 Å². The molecular weight excluding hydrogens is 438 g/mol. The SMILES string of the molecule is CCOC(=O)c1cnn(-c2nc(Cc3ccc(Cl)c(Cl)c3)cs2)c1C(F)(F)F. The topological polar surface area (TPSA) is 57.0 Å². The molecule has 3 aromatic rings. The first-order valence-corrected chi connectivity index (χ1v) is 9.55.